The molecule has 1 atom stereocenters. The number of halogens is 4. The van der Waals surface area contributed by atoms with Gasteiger partial charge in [-0.25, -0.2) is 14.4 Å². The van der Waals surface area contributed by atoms with Gasteiger partial charge < -0.3 is 0 Å². The second kappa shape index (κ2) is 5.66. The molecule has 2 heterocycles. The average Bonchev–Trinajstić information content (AvgIpc) is 2.80. The largest absolute Gasteiger partial charge is 0.279 e. The quantitative estimate of drug-likeness (QED) is 0.508. The lowest BCUT2D eigenvalue weighted by molar-refractivity contribution is 0.619. The Morgan fingerprint density at radius 1 is 1.29 bits per heavy atom. The molecule has 0 spiro atoms. The molecule has 0 bridgehead atoms. The Labute approximate surface area is 142 Å². The van der Waals surface area contributed by atoms with Crippen molar-refractivity contribution in [1.82, 2.24) is 14.5 Å². The monoisotopic (exact) mass is 431 g/mol. The van der Waals surface area contributed by atoms with Crippen LogP contribution in [0.15, 0.2) is 39.4 Å². The topological polar surface area (TPSA) is 30.7 Å². The molecular weight excluding hydrogens is 424 g/mol. The van der Waals surface area contributed by atoms with Gasteiger partial charge in [0, 0.05) is 10.7 Å². The van der Waals surface area contributed by atoms with Crippen LogP contribution in [0.3, 0.4) is 0 Å². The van der Waals surface area contributed by atoms with E-state index < -0.39 is 0 Å². The van der Waals surface area contributed by atoms with Crippen LogP contribution in [0.25, 0.3) is 16.9 Å². The maximum absolute atomic E-state index is 13.8. The molecule has 0 aliphatic carbocycles. The first-order valence-corrected chi connectivity index (χ1v) is 8.13. The minimum absolute atomic E-state index is 0.329. The lowest BCUT2D eigenvalue weighted by Gasteiger charge is -2.10. The van der Waals surface area contributed by atoms with Gasteiger partial charge in [0.15, 0.2) is 5.65 Å². The summed E-state index contributed by atoms with van der Waals surface area (Å²) >= 11 is 12.7. The van der Waals surface area contributed by atoms with Crippen molar-refractivity contribution in [3.05, 3.63) is 51.0 Å². The smallest absolute Gasteiger partial charge is 0.164 e. The summed E-state index contributed by atoms with van der Waals surface area (Å²) in [6.45, 7) is 1.82. The fourth-order valence-electron chi connectivity index (χ4n) is 2.10. The van der Waals surface area contributed by atoms with Gasteiger partial charge >= 0.3 is 0 Å². The fourth-order valence-corrected chi connectivity index (χ4v) is 2.82. The van der Waals surface area contributed by atoms with E-state index in [0.29, 0.717) is 27.1 Å². The predicted octanol–water partition coefficient (Wildman–Crippen LogP) is 5.38. The van der Waals surface area contributed by atoms with E-state index in [1.807, 2.05) is 13.0 Å². The number of aromatic nitrogens is 3. The molecule has 0 saturated carbocycles. The molecule has 108 valence electrons. The molecule has 0 aliphatic heterocycles. The molecule has 0 fully saturated rings. The van der Waals surface area contributed by atoms with E-state index in [1.165, 1.54) is 6.07 Å². The number of pyridine rings is 1. The van der Waals surface area contributed by atoms with E-state index in [0.717, 1.165) is 4.47 Å². The standard InChI is InChI=1S/C14H9Br2ClFN3/c1-7(17)13-20-12-4-8(15)6-19-14(12)21(13)9-2-3-10(16)11(18)5-9/h2-7H,1H3. The van der Waals surface area contributed by atoms with Crippen LogP contribution >= 0.6 is 43.5 Å². The van der Waals surface area contributed by atoms with E-state index in [2.05, 4.69) is 41.8 Å². The van der Waals surface area contributed by atoms with Crippen molar-refractivity contribution in [2.75, 3.05) is 0 Å². The minimum atomic E-state index is -0.348. The van der Waals surface area contributed by atoms with Crippen molar-refractivity contribution >= 4 is 54.6 Å². The number of hydrogen-bond donors (Lipinski definition) is 0. The Kier molecular flexibility index (Phi) is 4.03. The normalized spacial score (nSPS) is 12.8. The van der Waals surface area contributed by atoms with Crippen LogP contribution in [-0.2, 0) is 0 Å². The van der Waals surface area contributed by atoms with Gasteiger partial charge in [-0.05, 0) is 63.0 Å². The van der Waals surface area contributed by atoms with Crippen molar-refractivity contribution in [3.8, 4) is 5.69 Å². The maximum Gasteiger partial charge on any atom is 0.164 e. The van der Waals surface area contributed by atoms with Gasteiger partial charge in [-0.15, -0.1) is 11.6 Å². The summed E-state index contributed by atoms with van der Waals surface area (Å²) in [4.78, 5) is 8.88. The van der Waals surface area contributed by atoms with E-state index in [9.17, 15) is 4.39 Å². The highest BCUT2D eigenvalue weighted by Gasteiger charge is 2.18. The first kappa shape index (κ1) is 14.9. The molecule has 0 radical (unpaired) electrons. The van der Waals surface area contributed by atoms with Crippen LogP contribution < -0.4 is 0 Å². The number of benzene rings is 1. The molecule has 0 amide bonds. The third-order valence-corrected chi connectivity index (χ3v) is 4.28. The Balaban J connectivity index is 2.33. The van der Waals surface area contributed by atoms with E-state index >= 15 is 0 Å². The molecule has 7 heteroatoms. The number of nitrogens with zero attached hydrogens (tertiary/aromatic N) is 3. The number of hydrogen-bond acceptors (Lipinski definition) is 2. The summed E-state index contributed by atoms with van der Waals surface area (Å²) in [6, 6.07) is 6.73. The summed E-state index contributed by atoms with van der Waals surface area (Å²) < 4.78 is 16.8. The van der Waals surface area contributed by atoms with Crippen molar-refractivity contribution in [2.24, 2.45) is 0 Å². The third kappa shape index (κ3) is 2.72. The van der Waals surface area contributed by atoms with Gasteiger partial charge in [-0.2, -0.15) is 0 Å². The van der Waals surface area contributed by atoms with Gasteiger partial charge in [-0.3, -0.25) is 4.57 Å². The molecule has 1 aromatic carbocycles. The second-order valence-corrected chi connectivity index (χ2v) is 6.94. The van der Waals surface area contributed by atoms with Gasteiger partial charge in [0.2, 0.25) is 0 Å². The highest BCUT2D eigenvalue weighted by atomic mass is 79.9. The Morgan fingerprint density at radius 3 is 2.71 bits per heavy atom. The lowest BCUT2D eigenvalue weighted by Crippen LogP contribution is -2.03. The van der Waals surface area contributed by atoms with Crippen LogP contribution in [0.4, 0.5) is 4.39 Å². The predicted molar refractivity (Wildman–Crippen MR) is 88.5 cm³/mol. The summed E-state index contributed by atoms with van der Waals surface area (Å²) in [7, 11) is 0. The Bertz CT molecular complexity index is 832. The lowest BCUT2D eigenvalue weighted by atomic mass is 10.3. The molecule has 0 N–H and O–H groups in total. The van der Waals surface area contributed by atoms with Crippen LogP contribution in [-0.4, -0.2) is 14.5 Å². The highest BCUT2D eigenvalue weighted by molar-refractivity contribution is 9.10. The molecule has 1 unspecified atom stereocenters. The van der Waals surface area contributed by atoms with Gasteiger partial charge in [0.1, 0.15) is 17.2 Å². The molecule has 3 nitrogen and oxygen atoms in total. The molecular formula is C14H9Br2ClFN3. The summed E-state index contributed by atoms with van der Waals surface area (Å²) in [5.74, 6) is 0.277. The van der Waals surface area contributed by atoms with E-state index in [-0.39, 0.29) is 11.2 Å². The molecule has 0 aliphatic rings. The SMILES string of the molecule is CC(Cl)c1nc2cc(Br)cnc2n1-c1ccc(Br)c(F)c1. The summed E-state index contributed by atoms with van der Waals surface area (Å²) in [5.41, 5.74) is 1.98. The number of imidazole rings is 1. The second-order valence-electron chi connectivity index (χ2n) is 4.52. The number of alkyl halides is 1. The average molecular weight is 434 g/mol. The van der Waals surface area contributed by atoms with Crippen LogP contribution in [0.2, 0.25) is 0 Å². The summed E-state index contributed by atoms with van der Waals surface area (Å²) in [6.07, 6.45) is 1.68. The van der Waals surface area contributed by atoms with E-state index in [1.54, 1.807) is 22.9 Å². The van der Waals surface area contributed by atoms with Crippen molar-refractivity contribution in [2.45, 2.75) is 12.3 Å². The first-order valence-electron chi connectivity index (χ1n) is 6.11. The van der Waals surface area contributed by atoms with Gasteiger partial charge in [0.25, 0.3) is 0 Å². The minimum Gasteiger partial charge on any atom is -0.279 e. The Morgan fingerprint density at radius 2 is 2.05 bits per heavy atom. The molecule has 3 aromatic rings. The van der Waals surface area contributed by atoms with Crippen LogP contribution in [0.5, 0.6) is 0 Å². The van der Waals surface area contributed by atoms with Gasteiger partial charge in [0.05, 0.1) is 15.5 Å². The molecule has 3 rings (SSSR count). The maximum atomic E-state index is 13.8. The molecule has 21 heavy (non-hydrogen) atoms. The van der Waals surface area contributed by atoms with Crippen molar-refractivity contribution in [3.63, 3.8) is 0 Å². The first-order chi connectivity index (χ1) is 9.97. The van der Waals surface area contributed by atoms with Crippen LogP contribution in [0, 0.1) is 5.82 Å². The van der Waals surface area contributed by atoms with E-state index in [4.69, 9.17) is 11.6 Å². The zero-order valence-electron chi connectivity index (χ0n) is 10.8. The van der Waals surface area contributed by atoms with Crippen molar-refractivity contribution in [1.29, 1.82) is 0 Å². The molecule has 0 saturated heterocycles. The van der Waals surface area contributed by atoms with Crippen molar-refractivity contribution < 1.29 is 4.39 Å². The van der Waals surface area contributed by atoms with Crippen LogP contribution in [0.1, 0.15) is 18.1 Å². The number of fused-ring (bicyclic) bond motifs is 1. The number of rotatable bonds is 2. The van der Waals surface area contributed by atoms with Gasteiger partial charge in [-0.1, -0.05) is 0 Å². The summed E-state index contributed by atoms with van der Waals surface area (Å²) in [5, 5.41) is -0.329. The third-order valence-electron chi connectivity index (χ3n) is 3.01. The zero-order valence-corrected chi connectivity index (χ0v) is 14.7. The molecule has 2 aromatic heterocycles. The fraction of sp³-hybridized carbons (Fsp3) is 0.143. The zero-order chi connectivity index (χ0) is 15.1. The Hall–Kier alpha value is -0.980. The highest BCUT2D eigenvalue weighted by Crippen LogP contribution is 2.29.